The first-order valence-electron chi connectivity index (χ1n) is 6.88. The normalized spacial score (nSPS) is 29.1. The summed E-state index contributed by atoms with van der Waals surface area (Å²) >= 11 is 1.54. The number of hydrogen-bond donors (Lipinski definition) is 1. The number of fused-ring (bicyclic) bond motifs is 1. The smallest absolute Gasteiger partial charge is 0.180 e. The van der Waals surface area contributed by atoms with Gasteiger partial charge in [-0.05, 0) is 12.8 Å². The largest absolute Gasteiger partial charge is 0.375 e. The monoisotopic (exact) mass is 267 g/mol. The molecule has 1 aromatic rings. The standard InChI is InChI=1S/C13H21N3OS/c14-13-15-10(9-18-13)5-6-16-7-8-17-12-4-2-1-3-11(12)16/h9,11-12H,1-8H2,(H2,14,15). The molecule has 3 rings (SSSR count). The van der Waals surface area contributed by atoms with E-state index in [4.69, 9.17) is 10.5 Å². The summed E-state index contributed by atoms with van der Waals surface area (Å²) in [6, 6.07) is 0.642. The second kappa shape index (κ2) is 5.55. The van der Waals surface area contributed by atoms with Crippen molar-refractivity contribution in [3.8, 4) is 0 Å². The summed E-state index contributed by atoms with van der Waals surface area (Å²) in [6.07, 6.45) is 6.71. The van der Waals surface area contributed by atoms with Crippen LogP contribution in [0.25, 0.3) is 0 Å². The fraction of sp³-hybridized carbons (Fsp3) is 0.769. The molecule has 0 spiro atoms. The zero-order chi connectivity index (χ0) is 12.4. The highest BCUT2D eigenvalue weighted by Gasteiger charge is 2.33. The minimum absolute atomic E-state index is 0.480. The van der Waals surface area contributed by atoms with E-state index in [0.717, 1.165) is 31.8 Å². The van der Waals surface area contributed by atoms with Gasteiger partial charge in [-0.1, -0.05) is 12.8 Å². The van der Waals surface area contributed by atoms with Gasteiger partial charge in [0.25, 0.3) is 0 Å². The van der Waals surface area contributed by atoms with E-state index in [2.05, 4.69) is 15.3 Å². The Balaban J connectivity index is 1.57. The molecule has 0 bridgehead atoms. The molecule has 2 aliphatic rings. The predicted molar refractivity (Wildman–Crippen MR) is 73.8 cm³/mol. The van der Waals surface area contributed by atoms with Crippen molar-refractivity contribution in [2.24, 2.45) is 0 Å². The van der Waals surface area contributed by atoms with E-state index in [9.17, 15) is 0 Å². The average Bonchev–Trinajstić information content (AvgIpc) is 2.82. The summed E-state index contributed by atoms with van der Waals surface area (Å²) in [4.78, 5) is 6.94. The van der Waals surface area contributed by atoms with Crippen LogP contribution in [0.3, 0.4) is 0 Å². The first kappa shape index (κ1) is 12.4. The van der Waals surface area contributed by atoms with Gasteiger partial charge in [-0.25, -0.2) is 4.98 Å². The average molecular weight is 267 g/mol. The van der Waals surface area contributed by atoms with Crippen LogP contribution in [-0.4, -0.2) is 41.7 Å². The highest BCUT2D eigenvalue weighted by atomic mass is 32.1. The van der Waals surface area contributed by atoms with Crippen LogP contribution >= 0.6 is 11.3 Å². The molecule has 0 amide bonds. The number of nitrogens with zero attached hydrogens (tertiary/aromatic N) is 2. The van der Waals surface area contributed by atoms with Crippen molar-refractivity contribution < 1.29 is 4.74 Å². The summed E-state index contributed by atoms with van der Waals surface area (Å²) in [7, 11) is 0. The number of thiazole rings is 1. The van der Waals surface area contributed by atoms with Crippen molar-refractivity contribution in [2.45, 2.75) is 44.2 Å². The molecule has 2 N–H and O–H groups in total. The first-order chi connectivity index (χ1) is 8.83. The highest BCUT2D eigenvalue weighted by molar-refractivity contribution is 7.13. The Morgan fingerprint density at radius 2 is 2.33 bits per heavy atom. The van der Waals surface area contributed by atoms with Gasteiger partial charge in [0.2, 0.25) is 0 Å². The summed E-state index contributed by atoms with van der Waals surface area (Å²) in [5.74, 6) is 0. The molecule has 18 heavy (non-hydrogen) atoms. The summed E-state index contributed by atoms with van der Waals surface area (Å²) in [6.45, 7) is 3.05. The number of morpholine rings is 1. The minimum atomic E-state index is 0.480. The zero-order valence-electron chi connectivity index (χ0n) is 10.7. The topological polar surface area (TPSA) is 51.4 Å². The second-order valence-electron chi connectivity index (χ2n) is 5.22. The molecule has 0 radical (unpaired) electrons. The molecule has 1 aromatic heterocycles. The lowest BCUT2D eigenvalue weighted by Gasteiger charge is -2.43. The van der Waals surface area contributed by atoms with Crippen molar-refractivity contribution in [3.63, 3.8) is 0 Å². The molecule has 100 valence electrons. The molecule has 2 unspecified atom stereocenters. The van der Waals surface area contributed by atoms with Crippen LogP contribution in [0.1, 0.15) is 31.4 Å². The fourth-order valence-electron chi connectivity index (χ4n) is 3.15. The molecule has 1 aliphatic heterocycles. The van der Waals surface area contributed by atoms with Gasteiger partial charge < -0.3 is 10.5 Å². The van der Waals surface area contributed by atoms with Crippen LogP contribution < -0.4 is 5.73 Å². The fourth-order valence-corrected chi connectivity index (χ4v) is 3.75. The maximum atomic E-state index is 5.89. The maximum absolute atomic E-state index is 5.89. The number of nitrogens with two attached hydrogens (primary N) is 1. The van der Waals surface area contributed by atoms with Crippen LogP contribution in [0.4, 0.5) is 5.13 Å². The van der Waals surface area contributed by atoms with E-state index in [0.29, 0.717) is 17.3 Å². The molecule has 1 saturated heterocycles. The lowest BCUT2D eigenvalue weighted by molar-refractivity contribution is -0.0875. The summed E-state index contributed by atoms with van der Waals surface area (Å²) in [5.41, 5.74) is 6.80. The van der Waals surface area contributed by atoms with Gasteiger partial charge in [-0.2, -0.15) is 0 Å². The number of anilines is 1. The minimum Gasteiger partial charge on any atom is -0.375 e. The Morgan fingerprint density at radius 3 is 3.17 bits per heavy atom. The van der Waals surface area contributed by atoms with E-state index >= 15 is 0 Å². The van der Waals surface area contributed by atoms with Crippen molar-refractivity contribution in [3.05, 3.63) is 11.1 Å². The third-order valence-corrected chi connectivity index (χ3v) is 4.79. The number of ether oxygens (including phenoxy) is 1. The van der Waals surface area contributed by atoms with Crippen molar-refractivity contribution in [1.29, 1.82) is 0 Å². The Morgan fingerprint density at radius 1 is 1.44 bits per heavy atom. The van der Waals surface area contributed by atoms with E-state index in [1.165, 1.54) is 37.0 Å². The third kappa shape index (κ3) is 2.68. The molecule has 1 aliphatic carbocycles. The van der Waals surface area contributed by atoms with Gasteiger partial charge in [-0.3, -0.25) is 4.90 Å². The van der Waals surface area contributed by atoms with Gasteiger partial charge in [0, 0.05) is 30.9 Å². The molecule has 0 aromatic carbocycles. The quantitative estimate of drug-likeness (QED) is 0.909. The lowest BCUT2D eigenvalue weighted by atomic mass is 9.90. The second-order valence-corrected chi connectivity index (χ2v) is 6.11. The molecule has 1 saturated carbocycles. The number of rotatable bonds is 3. The number of aromatic nitrogens is 1. The molecule has 2 atom stereocenters. The van der Waals surface area contributed by atoms with Gasteiger partial charge in [0.05, 0.1) is 18.4 Å². The maximum Gasteiger partial charge on any atom is 0.180 e. The Hall–Kier alpha value is -0.650. The van der Waals surface area contributed by atoms with E-state index in [-0.39, 0.29) is 0 Å². The van der Waals surface area contributed by atoms with Crippen molar-refractivity contribution >= 4 is 16.5 Å². The van der Waals surface area contributed by atoms with Crippen LogP contribution in [0, 0.1) is 0 Å². The molecule has 2 heterocycles. The van der Waals surface area contributed by atoms with Crippen LogP contribution in [0.5, 0.6) is 0 Å². The van der Waals surface area contributed by atoms with Gasteiger partial charge >= 0.3 is 0 Å². The van der Waals surface area contributed by atoms with Crippen LogP contribution in [0.2, 0.25) is 0 Å². The lowest BCUT2D eigenvalue weighted by Crippen LogP contribution is -2.53. The zero-order valence-corrected chi connectivity index (χ0v) is 11.5. The highest BCUT2D eigenvalue weighted by Crippen LogP contribution is 2.28. The molecule has 2 fully saturated rings. The molecular formula is C13H21N3OS. The van der Waals surface area contributed by atoms with Gasteiger partial charge in [0.15, 0.2) is 5.13 Å². The van der Waals surface area contributed by atoms with Crippen LogP contribution in [0.15, 0.2) is 5.38 Å². The Bertz CT molecular complexity index is 393. The van der Waals surface area contributed by atoms with E-state index in [1.807, 2.05) is 0 Å². The summed E-state index contributed by atoms with van der Waals surface area (Å²) < 4.78 is 5.89. The van der Waals surface area contributed by atoms with Gasteiger partial charge in [-0.15, -0.1) is 11.3 Å². The van der Waals surface area contributed by atoms with Crippen molar-refractivity contribution in [2.75, 3.05) is 25.4 Å². The Kier molecular flexibility index (Phi) is 3.82. The third-order valence-electron chi connectivity index (χ3n) is 4.07. The Labute approximate surface area is 112 Å². The number of hydrogen-bond acceptors (Lipinski definition) is 5. The molecule has 4 nitrogen and oxygen atoms in total. The molecule has 5 heteroatoms. The first-order valence-corrected chi connectivity index (χ1v) is 7.76. The summed E-state index contributed by atoms with van der Waals surface area (Å²) in [5, 5.41) is 2.76. The van der Waals surface area contributed by atoms with Gasteiger partial charge in [0.1, 0.15) is 0 Å². The number of nitrogen functional groups attached to an aromatic ring is 1. The van der Waals surface area contributed by atoms with E-state index < -0.39 is 0 Å². The molecular weight excluding hydrogens is 246 g/mol. The predicted octanol–water partition coefficient (Wildman–Crippen LogP) is 1.91. The SMILES string of the molecule is Nc1nc(CCN2CCOC3CCCCC32)cs1. The van der Waals surface area contributed by atoms with Crippen LogP contribution in [-0.2, 0) is 11.2 Å². The van der Waals surface area contributed by atoms with Crippen molar-refractivity contribution in [1.82, 2.24) is 9.88 Å². The van der Waals surface area contributed by atoms with E-state index in [1.54, 1.807) is 0 Å².